The van der Waals surface area contributed by atoms with Gasteiger partial charge in [-0.1, -0.05) is 0 Å². The van der Waals surface area contributed by atoms with Gasteiger partial charge < -0.3 is 4.90 Å². The maximum atomic E-state index is 13.1. The Kier molecular flexibility index (Phi) is 3.55. The van der Waals surface area contributed by atoms with Crippen LogP contribution in [0.4, 0.5) is 13.2 Å². The monoisotopic (exact) mass is 339 g/mol. The highest BCUT2D eigenvalue weighted by Gasteiger charge is 2.70. The van der Waals surface area contributed by atoms with Crippen LogP contribution in [-0.4, -0.2) is 49.0 Å². The number of sulfone groups is 1. The molecule has 0 aromatic rings. The van der Waals surface area contributed by atoms with Gasteiger partial charge in [-0.15, -0.1) is 0 Å². The van der Waals surface area contributed by atoms with E-state index in [2.05, 4.69) is 0 Å². The molecule has 0 radical (unpaired) electrons. The van der Waals surface area contributed by atoms with Crippen LogP contribution in [0.25, 0.3) is 0 Å². The highest BCUT2D eigenvalue weighted by Crippen LogP contribution is 2.59. The molecule has 0 N–H and O–H groups in total. The molecule has 3 rings (SSSR count). The molecular formula is C14H20F3NO3S. The lowest BCUT2D eigenvalue weighted by atomic mass is 10.0. The minimum absolute atomic E-state index is 0.0904. The van der Waals surface area contributed by atoms with Gasteiger partial charge >= 0.3 is 6.18 Å². The molecule has 4 nitrogen and oxygen atoms in total. The first-order valence-electron chi connectivity index (χ1n) is 7.66. The number of hydrogen-bond donors (Lipinski definition) is 0. The number of rotatable bonds is 4. The predicted molar refractivity (Wildman–Crippen MR) is 73.8 cm³/mol. The Morgan fingerprint density at radius 3 is 2.32 bits per heavy atom. The van der Waals surface area contributed by atoms with Crippen molar-refractivity contribution < 1.29 is 26.4 Å². The summed E-state index contributed by atoms with van der Waals surface area (Å²) in [4.78, 5) is 13.5. The van der Waals surface area contributed by atoms with Crippen molar-refractivity contribution >= 4 is 15.7 Å². The van der Waals surface area contributed by atoms with E-state index in [0.717, 1.165) is 17.7 Å². The zero-order chi connectivity index (χ0) is 16.3. The molecule has 1 amide bonds. The molecule has 0 spiro atoms. The third-order valence-corrected chi connectivity index (χ3v) is 7.47. The number of carbonyl (C=O) groups is 1. The van der Waals surface area contributed by atoms with E-state index >= 15 is 0 Å². The number of alkyl halides is 3. The molecule has 2 aliphatic carbocycles. The Morgan fingerprint density at radius 2 is 1.86 bits per heavy atom. The Labute approximate surface area is 128 Å². The van der Waals surface area contributed by atoms with Gasteiger partial charge in [-0.3, -0.25) is 4.79 Å². The molecule has 1 heterocycles. The normalized spacial score (nSPS) is 31.4. The summed E-state index contributed by atoms with van der Waals surface area (Å²) in [5.74, 6) is -0.622. The summed E-state index contributed by atoms with van der Waals surface area (Å²) in [5, 5.41) is -0.712. The fourth-order valence-corrected chi connectivity index (χ4v) is 5.51. The number of amides is 1. The Bertz CT molecular complexity index is 579. The number of hydrogen-bond acceptors (Lipinski definition) is 3. The minimum Gasteiger partial charge on any atom is -0.338 e. The average molecular weight is 339 g/mol. The van der Waals surface area contributed by atoms with E-state index < -0.39 is 38.6 Å². The van der Waals surface area contributed by atoms with Crippen LogP contribution in [0.5, 0.6) is 0 Å². The molecule has 126 valence electrons. The molecule has 2 atom stereocenters. The van der Waals surface area contributed by atoms with Crippen LogP contribution < -0.4 is 0 Å². The highest BCUT2D eigenvalue weighted by molar-refractivity contribution is 7.92. The largest absolute Gasteiger partial charge is 0.403 e. The van der Waals surface area contributed by atoms with E-state index in [-0.39, 0.29) is 37.5 Å². The molecular weight excluding hydrogens is 319 g/mol. The van der Waals surface area contributed by atoms with Crippen LogP contribution in [0.2, 0.25) is 0 Å². The molecule has 0 aromatic heterocycles. The highest BCUT2D eigenvalue weighted by atomic mass is 32.2. The minimum atomic E-state index is -4.55. The van der Waals surface area contributed by atoms with Gasteiger partial charge in [0.15, 0.2) is 9.84 Å². The zero-order valence-corrected chi connectivity index (χ0v) is 13.2. The van der Waals surface area contributed by atoms with Gasteiger partial charge in [-0.25, -0.2) is 8.42 Å². The first kappa shape index (κ1) is 16.1. The third kappa shape index (κ3) is 2.63. The molecule has 22 heavy (non-hydrogen) atoms. The van der Waals surface area contributed by atoms with Gasteiger partial charge in [-0.05, 0) is 44.9 Å². The van der Waals surface area contributed by atoms with Crippen molar-refractivity contribution in [3.8, 4) is 0 Å². The fraction of sp³-hybridized carbons (Fsp3) is 0.929. The van der Waals surface area contributed by atoms with Gasteiger partial charge in [0.05, 0.1) is 11.0 Å². The van der Waals surface area contributed by atoms with Crippen molar-refractivity contribution in [2.75, 3.05) is 12.3 Å². The summed E-state index contributed by atoms with van der Waals surface area (Å²) in [6.45, 7) is 1.55. The standard InChI is InChI=1S/C14H20F3NO3S/c1-9-6-11(22(20,21)8-10-2-3-10)7-18(9)12(19)13(4-5-13)14(15,16)17/h9-11H,2-8H2,1H3/t9-,11-/m1/s1. The van der Waals surface area contributed by atoms with Crippen LogP contribution in [0.1, 0.15) is 39.0 Å². The SMILES string of the molecule is C[C@@H]1C[C@@H](S(=O)(=O)CC2CC2)CN1C(=O)C1(C(F)(F)F)CC1. The predicted octanol–water partition coefficient (Wildman–Crippen LogP) is 2.14. The fourth-order valence-electron chi connectivity index (χ4n) is 3.29. The van der Waals surface area contributed by atoms with Crippen molar-refractivity contribution in [3.05, 3.63) is 0 Å². The smallest absolute Gasteiger partial charge is 0.338 e. The van der Waals surface area contributed by atoms with Gasteiger partial charge in [0.2, 0.25) is 5.91 Å². The van der Waals surface area contributed by atoms with Gasteiger partial charge in [0.1, 0.15) is 5.41 Å². The molecule has 2 saturated carbocycles. The summed E-state index contributed by atoms with van der Waals surface area (Å²) in [5.41, 5.74) is -2.25. The quantitative estimate of drug-likeness (QED) is 0.789. The molecule has 1 aliphatic heterocycles. The van der Waals surface area contributed by atoms with Gasteiger partial charge in [-0.2, -0.15) is 13.2 Å². The maximum absolute atomic E-state index is 13.1. The molecule has 0 aromatic carbocycles. The van der Waals surface area contributed by atoms with Crippen molar-refractivity contribution in [2.45, 2.75) is 56.5 Å². The van der Waals surface area contributed by atoms with Gasteiger partial charge in [0, 0.05) is 12.6 Å². The van der Waals surface area contributed by atoms with Crippen molar-refractivity contribution in [3.63, 3.8) is 0 Å². The van der Waals surface area contributed by atoms with E-state index in [0.29, 0.717) is 0 Å². The average Bonchev–Trinajstić information content (AvgIpc) is 3.26. The van der Waals surface area contributed by atoms with Crippen LogP contribution in [-0.2, 0) is 14.6 Å². The number of likely N-dealkylation sites (tertiary alicyclic amines) is 1. The topological polar surface area (TPSA) is 54.5 Å². The summed E-state index contributed by atoms with van der Waals surface area (Å²) in [6.07, 6.45) is -2.86. The molecule has 1 saturated heterocycles. The first-order valence-corrected chi connectivity index (χ1v) is 9.38. The lowest BCUT2D eigenvalue weighted by Crippen LogP contribution is -2.46. The van der Waals surface area contributed by atoms with Crippen LogP contribution >= 0.6 is 0 Å². The molecule has 0 bridgehead atoms. The summed E-state index contributed by atoms with van der Waals surface area (Å²) in [6, 6.07) is -0.452. The maximum Gasteiger partial charge on any atom is 0.403 e. The van der Waals surface area contributed by atoms with E-state index in [1.165, 1.54) is 0 Å². The van der Waals surface area contributed by atoms with Crippen molar-refractivity contribution in [1.82, 2.24) is 4.90 Å². The molecule has 3 fully saturated rings. The Morgan fingerprint density at radius 1 is 1.27 bits per heavy atom. The van der Waals surface area contributed by atoms with Gasteiger partial charge in [0.25, 0.3) is 0 Å². The Balaban J connectivity index is 1.72. The van der Waals surface area contributed by atoms with Crippen LogP contribution in [0.15, 0.2) is 0 Å². The van der Waals surface area contributed by atoms with E-state index in [1.807, 2.05) is 0 Å². The summed E-state index contributed by atoms with van der Waals surface area (Å²) < 4.78 is 63.8. The second kappa shape index (κ2) is 4.85. The second-order valence-corrected chi connectivity index (χ2v) is 9.34. The van der Waals surface area contributed by atoms with Crippen LogP contribution in [0.3, 0.4) is 0 Å². The van der Waals surface area contributed by atoms with Crippen molar-refractivity contribution in [1.29, 1.82) is 0 Å². The number of carbonyl (C=O) groups excluding carboxylic acids is 1. The lowest BCUT2D eigenvalue weighted by molar-refractivity contribution is -0.198. The zero-order valence-electron chi connectivity index (χ0n) is 12.4. The molecule has 0 unspecified atom stereocenters. The van der Waals surface area contributed by atoms with E-state index in [4.69, 9.17) is 0 Å². The molecule has 8 heteroatoms. The summed E-state index contributed by atoms with van der Waals surface area (Å²) >= 11 is 0. The third-order valence-electron chi connectivity index (χ3n) is 5.17. The lowest BCUT2D eigenvalue weighted by Gasteiger charge is -2.28. The number of nitrogens with zero attached hydrogens (tertiary/aromatic N) is 1. The van der Waals surface area contributed by atoms with Crippen LogP contribution in [0, 0.1) is 11.3 Å². The van der Waals surface area contributed by atoms with E-state index in [1.54, 1.807) is 6.92 Å². The first-order chi connectivity index (χ1) is 10.1. The number of halogens is 3. The Hall–Kier alpha value is -0.790. The van der Waals surface area contributed by atoms with E-state index in [9.17, 15) is 26.4 Å². The summed E-state index contributed by atoms with van der Waals surface area (Å²) in [7, 11) is -3.33. The second-order valence-electron chi connectivity index (χ2n) is 7.02. The van der Waals surface area contributed by atoms with Crippen molar-refractivity contribution in [2.24, 2.45) is 11.3 Å². The molecule has 3 aliphatic rings.